The Morgan fingerprint density at radius 1 is 1.32 bits per heavy atom. The van der Waals surface area contributed by atoms with Crippen molar-refractivity contribution in [3.8, 4) is 0 Å². The minimum absolute atomic E-state index is 0.0578. The number of anilines is 2. The highest BCUT2D eigenvalue weighted by atomic mass is 32.1. The van der Waals surface area contributed by atoms with Crippen LogP contribution in [0, 0.1) is 6.92 Å². The van der Waals surface area contributed by atoms with E-state index < -0.39 is 0 Å². The van der Waals surface area contributed by atoms with Gasteiger partial charge in [0.2, 0.25) is 11.9 Å². The van der Waals surface area contributed by atoms with Crippen molar-refractivity contribution in [3.05, 3.63) is 32.7 Å². The van der Waals surface area contributed by atoms with Crippen LogP contribution in [0.1, 0.15) is 44.1 Å². The summed E-state index contributed by atoms with van der Waals surface area (Å²) >= 11 is 1.41. The molecular weight excluding hydrogens is 378 g/mol. The average Bonchev–Trinajstić information content (AvgIpc) is 3.10. The number of nitrogens with zero attached hydrogens (tertiary/aromatic N) is 3. The van der Waals surface area contributed by atoms with E-state index in [1.54, 1.807) is 0 Å². The molecule has 0 bridgehead atoms. The minimum atomic E-state index is -0.189. The van der Waals surface area contributed by atoms with Gasteiger partial charge in [0.1, 0.15) is 0 Å². The second-order valence-corrected chi connectivity index (χ2v) is 8.75. The first-order chi connectivity index (χ1) is 13.2. The minimum Gasteiger partial charge on any atom is -0.378 e. The van der Waals surface area contributed by atoms with Crippen LogP contribution in [0.3, 0.4) is 0 Å². The van der Waals surface area contributed by atoms with E-state index in [2.05, 4.69) is 41.0 Å². The molecule has 1 aliphatic heterocycles. The van der Waals surface area contributed by atoms with Crippen LogP contribution in [0.15, 0.2) is 10.2 Å². The Hall–Kier alpha value is -2.26. The van der Waals surface area contributed by atoms with Gasteiger partial charge in [-0.25, -0.2) is 9.97 Å². The number of rotatable bonds is 5. The average molecular weight is 406 g/mol. The maximum Gasteiger partial charge on any atom is 0.255 e. The monoisotopic (exact) mass is 405 g/mol. The summed E-state index contributed by atoms with van der Waals surface area (Å²) in [6.45, 7) is 10.7. The van der Waals surface area contributed by atoms with Crippen LogP contribution < -0.4 is 15.8 Å². The van der Waals surface area contributed by atoms with Crippen LogP contribution in [-0.2, 0) is 21.4 Å². The summed E-state index contributed by atoms with van der Waals surface area (Å²) in [7, 11) is 0. The molecule has 0 unspecified atom stereocenters. The Balaban J connectivity index is 1.61. The van der Waals surface area contributed by atoms with Crippen molar-refractivity contribution in [3.63, 3.8) is 0 Å². The first-order valence-corrected chi connectivity index (χ1v) is 10.3. The van der Waals surface area contributed by atoms with E-state index in [4.69, 9.17) is 4.74 Å². The topological polar surface area (TPSA) is 100 Å². The van der Waals surface area contributed by atoms with Crippen molar-refractivity contribution in [2.45, 2.75) is 46.0 Å². The lowest BCUT2D eigenvalue weighted by molar-refractivity contribution is -0.116. The number of morpholine rings is 1. The van der Waals surface area contributed by atoms with Crippen LogP contribution in [0.4, 0.5) is 11.1 Å². The third-order valence-corrected chi connectivity index (χ3v) is 5.40. The lowest BCUT2D eigenvalue weighted by atomic mass is 9.93. The molecule has 2 aromatic rings. The molecule has 0 aliphatic carbocycles. The summed E-state index contributed by atoms with van der Waals surface area (Å²) < 4.78 is 5.33. The van der Waals surface area contributed by atoms with Crippen molar-refractivity contribution in [1.29, 1.82) is 0 Å². The highest BCUT2D eigenvalue weighted by Crippen LogP contribution is 2.26. The van der Waals surface area contributed by atoms with Gasteiger partial charge in [-0.2, -0.15) is 0 Å². The molecular formula is C19H27N5O3S. The molecule has 2 aromatic heterocycles. The molecule has 0 atom stereocenters. The Labute approximate surface area is 168 Å². The van der Waals surface area contributed by atoms with E-state index in [1.807, 2.05) is 17.2 Å². The number of carbonyl (C=O) groups excluding carboxylic acids is 1. The fraction of sp³-hybridized carbons (Fsp3) is 0.579. The standard InChI is InChI=1S/C19H27N5O3S/c1-12-13(16(26)23-17(20-12)24-7-9-27-10-8-24)5-6-15(25)22-18-21-14(11-28-18)19(2,3)4/h11H,5-10H2,1-4H3,(H,20,23,26)(H,21,22,25). The number of thiazole rings is 1. The number of aromatic nitrogens is 3. The predicted molar refractivity (Wildman–Crippen MR) is 110 cm³/mol. The van der Waals surface area contributed by atoms with E-state index in [0.29, 0.717) is 55.1 Å². The predicted octanol–water partition coefficient (Wildman–Crippen LogP) is 2.24. The van der Waals surface area contributed by atoms with Crippen molar-refractivity contribution < 1.29 is 9.53 Å². The van der Waals surface area contributed by atoms with Crippen molar-refractivity contribution in [2.24, 2.45) is 0 Å². The number of aromatic amines is 1. The van der Waals surface area contributed by atoms with Crippen LogP contribution in [-0.4, -0.2) is 47.2 Å². The number of carbonyl (C=O) groups is 1. The third kappa shape index (κ3) is 4.96. The molecule has 1 saturated heterocycles. The second-order valence-electron chi connectivity index (χ2n) is 7.89. The second kappa shape index (κ2) is 8.40. The van der Waals surface area contributed by atoms with Gasteiger partial charge in [-0.05, 0) is 13.3 Å². The first kappa shape index (κ1) is 20.5. The molecule has 0 saturated carbocycles. The normalized spacial score (nSPS) is 14.9. The summed E-state index contributed by atoms with van der Waals surface area (Å²) in [6.07, 6.45) is 0.536. The summed E-state index contributed by atoms with van der Waals surface area (Å²) in [4.78, 5) is 38.6. The van der Waals surface area contributed by atoms with E-state index in [0.717, 1.165) is 5.69 Å². The number of aryl methyl sites for hydroxylation is 1. The molecule has 8 nitrogen and oxygen atoms in total. The summed E-state index contributed by atoms with van der Waals surface area (Å²) in [5.74, 6) is 0.405. The lowest BCUT2D eigenvalue weighted by Gasteiger charge is -2.27. The van der Waals surface area contributed by atoms with Gasteiger partial charge in [0.05, 0.1) is 18.9 Å². The van der Waals surface area contributed by atoms with Crippen molar-refractivity contribution in [1.82, 2.24) is 15.0 Å². The number of amides is 1. The number of hydrogen-bond donors (Lipinski definition) is 2. The molecule has 3 rings (SSSR count). The molecule has 152 valence electrons. The molecule has 1 amide bonds. The van der Waals surface area contributed by atoms with Crippen LogP contribution in [0.2, 0.25) is 0 Å². The zero-order valence-corrected chi connectivity index (χ0v) is 17.6. The third-order valence-electron chi connectivity index (χ3n) is 4.64. The smallest absolute Gasteiger partial charge is 0.255 e. The van der Waals surface area contributed by atoms with Crippen LogP contribution in [0.25, 0.3) is 0 Å². The van der Waals surface area contributed by atoms with Crippen molar-refractivity contribution >= 4 is 28.3 Å². The highest BCUT2D eigenvalue weighted by Gasteiger charge is 2.19. The number of hydrogen-bond acceptors (Lipinski definition) is 7. The molecule has 1 fully saturated rings. The van der Waals surface area contributed by atoms with Gasteiger partial charge in [0.25, 0.3) is 5.56 Å². The zero-order chi connectivity index (χ0) is 20.3. The lowest BCUT2D eigenvalue weighted by Crippen LogP contribution is -2.38. The Bertz CT molecular complexity index is 894. The van der Waals surface area contributed by atoms with Gasteiger partial charge in [-0.15, -0.1) is 11.3 Å². The fourth-order valence-electron chi connectivity index (χ4n) is 2.91. The van der Waals surface area contributed by atoms with E-state index in [-0.39, 0.29) is 23.3 Å². The highest BCUT2D eigenvalue weighted by molar-refractivity contribution is 7.13. The fourth-order valence-corrected chi connectivity index (χ4v) is 3.86. The molecule has 0 aromatic carbocycles. The van der Waals surface area contributed by atoms with Gasteiger partial charge in [-0.1, -0.05) is 20.8 Å². The molecule has 0 radical (unpaired) electrons. The van der Waals surface area contributed by atoms with Crippen LogP contribution >= 0.6 is 11.3 Å². The molecule has 28 heavy (non-hydrogen) atoms. The summed E-state index contributed by atoms with van der Waals surface area (Å²) in [6, 6.07) is 0. The van der Waals surface area contributed by atoms with Gasteiger partial charge >= 0.3 is 0 Å². The maximum absolute atomic E-state index is 12.5. The van der Waals surface area contributed by atoms with Gasteiger partial charge in [-0.3, -0.25) is 14.6 Å². The summed E-state index contributed by atoms with van der Waals surface area (Å²) in [5, 5.41) is 5.36. The molecule has 1 aliphatic rings. The maximum atomic E-state index is 12.5. The summed E-state index contributed by atoms with van der Waals surface area (Å²) in [5.41, 5.74) is 1.90. The molecule has 2 N–H and O–H groups in total. The van der Waals surface area contributed by atoms with E-state index >= 15 is 0 Å². The Morgan fingerprint density at radius 3 is 2.64 bits per heavy atom. The largest absolute Gasteiger partial charge is 0.378 e. The number of nitrogens with one attached hydrogen (secondary N) is 2. The van der Waals surface area contributed by atoms with Gasteiger partial charge in [0, 0.05) is 41.6 Å². The molecule has 3 heterocycles. The van der Waals surface area contributed by atoms with E-state index in [9.17, 15) is 9.59 Å². The van der Waals surface area contributed by atoms with Crippen LogP contribution in [0.5, 0.6) is 0 Å². The first-order valence-electron chi connectivity index (χ1n) is 9.42. The van der Waals surface area contributed by atoms with Gasteiger partial charge < -0.3 is 15.0 Å². The Morgan fingerprint density at radius 2 is 2.04 bits per heavy atom. The molecule has 9 heteroatoms. The zero-order valence-electron chi connectivity index (χ0n) is 16.8. The van der Waals surface area contributed by atoms with Crippen molar-refractivity contribution in [2.75, 3.05) is 36.5 Å². The van der Waals surface area contributed by atoms with E-state index in [1.165, 1.54) is 11.3 Å². The number of ether oxygens (including phenoxy) is 1. The Kier molecular flexibility index (Phi) is 6.14. The number of H-pyrrole nitrogens is 1. The quantitative estimate of drug-likeness (QED) is 0.791. The SMILES string of the molecule is Cc1nc(N2CCOCC2)[nH]c(=O)c1CCC(=O)Nc1nc(C(C)(C)C)cs1. The molecule has 0 spiro atoms. The van der Waals surface area contributed by atoms with Gasteiger partial charge in [0.15, 0.2) is 5.13 Å².